The molecule has 0 fully saturated rings. The van der Waals surface area contributed by atoms with Crippen LogP contribution in [0.3, 0.4) is 0 Å². The van der Waals surface area contributed by atoms with Crippen LogP contribution in [-0.4, -0.2) is 24.3 Å². The van der Waals surface area contributed by atoms with E-state index in [-0.39, 0.29) is 5.92 Å². The summed E-state index contributed by atoms with van der Waals surface area (Å²) >= 11 is 3.46. The van der Waals surface area contributed by atoms with Crippen LogP contribution in [0.25, 0.3) is 0 Å². The quantitative estimate of drug-likeness (QED) is 0.922. The van der Waals surface area contributed by atoms with Crippen molar-refractivity contribution in [2.45, 2.75) is 32.6 Å². The Morgan fingerprint density at radius 2 is 1.89 bits per heavy atom. The maximum atomic E-state index is 11.3. The Morgan fingerprint density at radius 1 is 1.26 bits per heavy atom. The van der Waals surface area contributed by atoms with Crippen LogP contribution in [0.5, 0.6) is 11.5 Å². The number of hydrogen-bond acceptors (Lipinski definition) is 3. The molecule has 0 saturated heterocycles. The second kappa shape index (κ2) is 5.41. The molecule has 1 unspecified atom stereocenters. The van der Waals surface area contributed by atoms with Crippen molar-refractivity contribution in [1.29, 1.82) is 0 Å². The molecule has 0 bridgehead atoms. The molecule has 5 heteroatoms. The number of rotatable bonds is 3. The van der Waals surface area contributed by atoms with E-state index in [9.17, 15) is 9.90 Å². The Morgan fingerprint density at radius 3 is 2.47 bits per heavy atom. The zero-order valence-electron chi connectivity index (χ0n) is 11.2. The van der Waals surface area contributed by atoms with Crippen molar-refractivity contribution in [2.75, 3.05) is 13.2 Å². The van der Waals surface area contributed by atoms with Gasteiger partial charge in [-0.15, -0.1) is 0 Å². The van der Waals surface area contributed by atoms with Crippen LogP contribution >= 0.6 is 15.9 Å². The Balaban J connectivity index is 2.68. The molecule has 0 amide bonds. The molecule has 104 valence electrons. The zero-order chi connectivity index (χ0) is 14.2. The number of carboxylic acids is 1. The second-order valence-corrected chi connectivity index (χ2v) is 5.78. The summed E-state index contributed by atoms with van der Waals surface area (Å²) in [5, 5.41) is 9.28. The number of carboxylic acid groups (broad SMARTS) is 1. The topological polar surface area (TPSA) is 55.8 Å². The fourth-order valence-corrected chi connectivity index (χ4v) is 3.10. The van der Waals surface area contributed by atoms with Gasteiger partial charge < -0.3 is 14.6 Å². The predicted octanol–water partition coefficient (Wildman–Crippen LogP) is 3.53. The fraction of sp³-hybridized carbons (Fsp3) is 0.500. The number of carbonyl (C=O) groups is 1. The van der Waals surface area contributed by atoms with Gasteiger partial charge in [0.15, 0.2) is 11.5 Å². The molecule has 19 heavy (non-hydrogen) atoms. The summed E-state index contributed by atoms with van der Waals surface area (Å²) in [5.74, 6) is 0.0855. The van der Waals surface area contributed by atoms with Crippen molar-refractivity contribution in [3.8, 4) is 11.5 Å². The Hall–Kier alpha value is -1.23. The van der Waals surface area contributed by atoms with E-state index >= 15 is 0 Å². The molecule has 1 atom stereocenters. The standard InChI is InChI=1S/C14H17BrO4/c1-7(2)11-12(8(3)14(16)17)9(15)6-10-13(11)19-5-4-18-10/h6-8H,4-5H2,1-3H3,(H,16,17). The first kappa shape index (κ1) is 14.2. The average Bonchev–Trinajstić information content (AvgIpc) is 2.35. The van der Waals surface area contributed by atoms with Gasteiger partial charge in [-0.2, -0.15) is 0 Å². The maximum absolute atomic E-state index is 11.3. The van der Waals surface area contributed by atoms with E-state index in [1.54, 1.807) is 13.0 Å². The van der Waals surface area contributed by atoms with Gasteiger partial charge >= 0.3 is 5.97 Å². The Bertz CT molecular complexity index is 511. The normalized spacial score (nSPS) is 15.4. The molecule has 0 radical (unpaired) electrons. The van der Waals surface area contributed by atoms with Crippen molar-refractivity contribution in [2.24, 2.45) is 0 Å². The summed E-state index contributed by atoms with van der Waals surface area (Å²) in [6.07, 6.45) is 0. The zero-order valence-corrected chi connectivity index (χ0v) is 12.8. The lowest BCUT2D eigenvalue weighted by Crippen LogP contribution is -2.20. The molecule has 1 aromatic rings. The minimum Gasteiger partial charge on any atom is -0.486 e. The minimum atomic E-state index is -0.848. The summed E-state index contributed by atoms with van der Waals surface area (Å²) in [7, 11) is 0. The number of benzene rings is 1. The average molecular weight is 329 g/mol. The molecule has 1 aliphatic rings. The Kier molecular flexibility index (Phi) is 4.04. The van der Waals surface area contributed by atoms with Crippen LogP contribution in [0.15, 0.2) is 10.5 Å². The number of aliphatic carboxylic acids is 1. The highest BCUT2D eigenvalue weighted by Gasteiger charge is 2.29. The summed E-state index contributed by atoms with van der Waals surface area (Å²) < 4.78 is 12.1. The third-order valence-electron chi connectivity index (χ3n) is 3.24. The molecule has 1 heterocycles. The molecule has 4 nitrogen and oxygen atoms in total. The van der Waals surface area contributed by atoms with Gasteiger partial charge in [0.25, 0.3) is 0 Å². The van der Waals surface area contributed by atoms with Crippen LogP contribution in [-0.2, 0) is 4.79 Å². The van der Waals surface area contributed by atoms with Gasteiger partial charge in [-0.05, 0) is 24.5 Å². The molecule has 1 aromatic carbocycles. The first-order valence-electron chi connectivity index (χ1n) is 6.28. The predicted molar refractivity (Wildman–Crippen MR) is 75.3 cm³/mol. The van der Waals surface area contributed by atoms with E-state index in [2.05, 4.69) is 15.9 Å². The van der Waals surface area contributed by atoms with Crippen LogP contribution in [0.4, 0.5) is 0 Å². The smallest absolute Gasteiger partial charge is 0.310 e. The van der Waals surface area contributed by atoms with Crippen LogP contribution < -0.4 is 9.47 Å². The van der Waals surface area contributed by atoms with Crippen molar-refractivity contribution < 1.29 is 19.4 Å². The third kappa shape index (κ3) is 2.56. The highest BCUT2D eigenvalue weighted by Crippen LogP contribution is 2.46. The van der Waals surface area contributed by atoms with Crippen LogP contribution in [0.1, 0.15) is 43.7 Å². The van der Waals surface area contributed by atoms with Gasteiger partial charge in [-0.3, -0.25) is 4.79 Å². The van der Waals surface area contributed by atoms with Crippen LogP contribution in [0.2, 0.25) is 0 Å². The summed E-state index contributed by atoms with van der Waals surface area (Å²) in [6.45, 7) is 6.75. The fourth-order valence-electron chi connectivity index (χ4n) is 2.33. The summed E-state index contributed by atoms with van der Waals surface area (Å²) in [6, 6.07) is 1.80. The third-order valence-corrected chi connectivity index (χ3v) is 3.90. The number of ether oxygens (including phenoxy) is 2. The molecule has 0 spiro atoms. The van der Waals surface area contributed by atoms with Gasteiger partial charge in [-0.25, -0.2) is 0 Å². The lowest BCUT2D eigenvalue weighted by atomic mass is 9.88. The van der Waals surface area contributed by atoms with Crippen molar-refractivity contribution in [3.05, 3.63) is 21.7 Å². The molecular formula is C14H17BrO4. The highest BCUT2D eigenvalue weighted by molar-refractivity contribution is 9.10. The van der Waals surface area contributed by atoms with Crippen molar-refractivity contribution in [3.63, 3.8) is 0 Å². The van der Waals surface area contributed by atoms with E-state index in [0.717, 1.165) is 15.6 Å². The molecule has 0 saturated carbocycles. The molecule has 0 aliphatic carbocycles. The first-order valence-corrected chi connectivity index (χ1v) is 7.07. The first-order chi connectivity index (χ1) is 8.93. The van der Waals surface area contributed by atoms with E-state index in [1.807, 2.05) is 13.8 Å². The molecule has 1 N–H and O–H groups in total. The summed E-state index contributed by atoms with van der Waals surface area (Å²) in [4.78, 5) is 11.3. The second-order valence-electron chi connectivity index (χ2n) is 4.92. The SMILES string of the molecule is CC(C)c1c2c(cc(Br)c1C(C)C(=O)O)OCCO2. The number of hydrogen-bond donors (Lipinski definition) is 1. The largest absolute Gasteiger partial charge is 0.486 e. The van der Waals surface area contributed by atoms with Gasteiger partial charge in [0.2, 0.25) is 0 Å². The van der Waals surface area contributed by atoms with Crippen molar-refractivity contribution in [1.82, 2.24) is 0 Å². The maximum Gasteiger partial charge on any atom is 0.310 e. The van der Waals surface area contributed by atoms with Gasteiger partial charge in [0, 0.05) is 10.0 Å². The highest BCUT2D eigenvalue weighted by atomic mass is 79.9. The summed E-state index contributed by atoms with van der Waals surface area (Å²) in [5.41, 5.74) is 1.69. The minimum absolute atomic E-state index is 0.157. The van der Waals surface area contributed by atoms with Gasteiger partial charge in [0.05, 0.1) is 5.92 Å². The molecule has 0 aromatic heterocycles. The lowest BCUT2D eigenvalue weighted by molar-refractivity contribution is -0.138. The van der Waals surface area contributed by atoms with Crippen molar-refractivity contribution >= 4 is 21.9 Å². The lowest BCUT2D eigenvalue weighted by Gasteiger charge is -2.27. The van der Waals surface area contributed by atoms with E-state index in [4.69, 9.17) is 9.47 Å². The number of fused-ring (bicyclic) bond motifs is 1. The Labute approximate surface area is 120 Å². The van der Waals surface area contributed by atoms with E-state index < -0.39 is 11.9 Å². The molecule has 1 aliphatic heterocycles. The van der Waals surface area contributed by atoms with Crippen LogP contribution in [0, 0.1) is 0 Å². The number of halogens is 1. The molecule has 2 rings (SSSR count). The van der Waals surface area contributed by atoms with E-state index in [1.165, 1.54) is 0 Å². The van der Waals surface area contributed by atoms with E-state index in [0.29, 0.717) is 24.7 Å². The van der Waals surface area contributed by atoms with Gasteiger partial charge in [0.1, 0.15) is 13.2 Å². The monoisotopic (exact) mass is 328 g/mol. The van der Waals surface area contributed by atoms with Gasteiger partial charge in [-0.1, -0.05) is 29.8 Å². The molecular weight excluding hydrogens is 312 g/mol.